The fraction of sp³-hybridized carbons (Fsp3) is 0.136. The summed E-state index contributed by atoms with van der Waals surface area (Å²) in [6.07, 6.45) is -0.426. The van der Waals surface area contributed by atoms with Gasteiger partial charge in [0.1, 0.15) is 0 Å². The number of carbonyl (C=O) groups excluding carboxylic acids is 1. The van der Waals surface area contributed by atoms with Gasteiger partial charge in [0.05, 0.1) is 5.92 Å². The number of halogens is 1. The van der Waals surface area contributed by atoms with Crippen LogP contribution in [-0.4, -0.2) is 5.97 Å². The first-order valence-corrected chi connectivity index (χ1v) is 8.59. The molecule has 0 unspecified atom stereocenters. The summed E-state index contributed by atoms with van der Waals surface area (Å²) in [7, 11) is 0. The molecule has 0 fully saturated rings. The summed E-state index contributed by atoms with van der Waals surface area (Å²) in [5.41, 5.74) is 2.78. The van der Waals surface area contributed by atoms with Crippen LogP contribution in [0.3, 0.4) is 0 Å². The van der Waals surface area contributed by atoms with Crippen LogP contribution in [0.1, 0.15) is 35.6 Å². The molecule has 0 amide bonds. The highest BCUT2D eigenvalue weighted by atomic mass is 35.5. The van der Waals surface area contributed by atoms with E-state index in [1.54, 1.807) is 12.1 Å². The van der Waals surface area contributed by atoms with Crippen LogP contribution in [-0.2, 0) is 9.53 Å². The zero-order valence-electron chi connectivity index (χ0n) is 13.9. The summed E-state index contributed by atoms with van der Waals surface area (Å²) < 4.78 is 5.90. The third kappa shape index (κ3) is 4.28. The van der Waals surface area contributed by atoms with Crippen LogP contribution < -0.4 is 0 Å². The first kappa shape index (κ1) is 17.2. The molecule has 126 valence electrons. The van der Waals surface area contributed by atoms with Crippen LogP contribution in [0.4, 0.5) is 0 Å². The van der Waals surface area contributed by atoms with Gasteiger partial charge in [0.15, 0.2) is 6.10 Å². The second kappa shape index (κ2) is 8.00. The van der Waals surface area contributed by atoms with Crippen molar-refractivity contribution in [2.45, 2.75) is 18.9 Å². The van der Waals surface area contributed by atoms with Gasteiger partial charge in [-0.05, 0) is 35.7 Å². The zero-order chi connectivity index (χ0) is 17.6. The molecular weight excluding hydrogens is 332 g/mol. The Morgan fingerprint density at radius 2 is 1.24 bits per heavy atom. The van der Waals surface area contributed by atoms with Crippen LogP contribution >= 0.6 is 11.6 Å². The fourth-order valence-corrected chi connectivity index (χ4v) is 2.82. The highest BCUT2D eigenvalue weighted by Crippen LogP contribution is 2.29. The molecule has 1 atom stereocenters. The number of hydrogen-bond acceptors (Lipinski definition) is 2. The molecule has 0 saturated heterocycles. The van der Waals surface area contributed by atoms with Crippen molar-refractivity contribution in [1.82, 2.24) is 0 Å². The minimum Gasteiger partial charge on any atom is -0.452 e. The molecule has 0 aliphatic carbocycles. The van der Waals surface area contributed by atoms with Crippen molar-refractivity contribution in [2.75, 3.05) is 0 Å². The normalized spacial score (nSPS) is 12.0. The summed E-state index contributed by atoms with van der Waals surface area (Å²) >= 11 is 5.92. The number of esters is 1. The van der Waals surface area contributed by atoms with Gasteiger partial charge in [0.25, 0.3) is 0 Å². The number of ether oxygens (including phenoxy) is 1. The molecule has 0 spiro atoms. The Hall–Kier alpha value is -2.58. The second-order valence-electron chi connectivity index (χ2n) is 5.91. The van der Waals surface area contributed by atoms with E-state index in [9.17, 15) is 4.79 Å². The molecule has 3 heteroatoms. The van der Waals surface area contributed by atoms with E-state index < -0.39 is 6.10 Å². The van der Waals surface area contributed by atoms with Crippen molar-refractivity contribution < 1.29 is 9.53 Å². The highest BCUT2D eigenvalue weighted by Gasteiger charge is 2.23. The smallest absolute Gasteiger partial charge is 0.314 e. The molecule has 3 aromatic carbocycles. The minimum absolute atomic E-state index is 0.264. The molecule has 3 rings (SSSR count). The Balaban J connectivity index is 1.85. The van der Waals surface area contributed by atoms with Gasteiger partial charge in [-0.2, -0.15) is 0 Å². The molecule has 3 aromatic rings. The summed E-state index contributed by atoms with van der Waals surface area (Å²) in [5.74, 6) is -0.632. The lowest BCUT2D eigenvalue weighted by Gasteiger charge is -2.21. The number of rotatable bonds is 5. The summed E-state index contributed by atoms with van der Waals surface area (Å²) in [6.45, 7) is 1.85. The topological polar surface area (TPSA) is 26.3 Å². The van der Waals surface area contributed by atoms with Crippen molar-refractivity contribution in [3.63, 3.8) is 0 Å². The van der Waals surface area contributed by atoms with E-state index in [-0.39, 0.29) is 11.9 Å². The summed E-state index contributed by atoms with van der Waals surface area (Å²) in [4.78, 5) is 12.7. The van der Waals surface area contributed by atoms with Crippen molar-refractivity contribution in [3.05, 3.63) is 107 Å². The third-order valence-corrected chi connectivity index (χ3v) is 4.41. The number of hydrogen-bond donors (Lipinski definition) is 0. The van der Waals surface area contributed by atoms with Crippen LogP contribution in [0.2, 0.25) is 5.02 Å². The average Bonchev–Trinajstić information content (AvgIpc) is 2.67. The molecule has 0 aliphatic rings. The fourth-order valence-electron chi connectivity index (χ4n) is 2.69. The quantitative estimate of drug-likeness (QED) is 0.545. The molecular formula is C22H19ClO2. The maximum absolute atomic E-state index is 12.7. The Bertz CT molecular complexity index is 774. The molecule has 0 radical (unpaired) electrons. The van der Waals surface area contributed by atoms with Crippen molar-refractivity contribution in [2.24, 2.45) is 0 Å². The molecule has 2 nitrogen and oxygen atoms in total. The highest BCUT2D eigenvalue weighted by molar-refractivity contribution is 6.30. The lowest BCUT2D eigenvalue weighted by atomic mass is 9.99. The van der Waals surface area contributed by atoms with Gasteiger partial charge in [-0.3, -0.25) is 4.79 Å². The second-order valence-corrected chi connectivity index (χ2v) is 6.35. The van der Waals surface area contributed by atoms with Gasteiger partial charge in [0, 0.05) is 5.02 Å². The van der Waals surface area contributed by atoms with Gasteiger partial charge < -0.3 is 4.74 Å². The first-order chi connectivity index (χ1) is 12.1. The van der Waals surface area contributed by atoms with Crippen molar-refractivity contribution in [3.8, 4) is 0 Å². The Morgan fingerprint density at radius 1 is 0.760 bits per heavy atom. The molecule has 0 N–H and O–H groups in total. The number of benzene rings is 3. The van der Waals surface area contributed by atoms with Crippen molar-refractivity contribution >= 4 is 17.6 Å². The SMILES string of the molecule is C[C@H](C(=O)OC(c1ccccc1)c1ccccc1)c1ccc(Cl)cc1. The molecule has 0 aromatic heterocycles. The zero-order valence-corrected chi connectivity index (χ0v) is 14.7. The Labute approximate surface area is 153 Å². The third-order valence-electron chi connectivity index (χ3n) is 4.16. The van der Waals surface area contributed by atoms with E-state index in [1.165, 1.54) is 0 Å². The standard InChI is InChI=1S/C22H19ClO2/c1-16(17-12-14-20(23)15-13-17)22(24)25-21(18-8-4-2-5-9-18)19-10-6-3-7-11-19/h2-16,21H,1H3/t16-/m0/s1. The van der Waals surface area contributed by atoms with Crippen LogP contribution in [0.25, 0.3) is 0 Å². The maximum Gasteiger partial charge on any atom is 0.314 e. The monoisotopic (exact) mass is 350 g/mol. The molecule has 25 heavy (non-hydrogen) atoms. The van der Waals surface area contributed by atoms with E-state index in [0.717, 1.165) is 16.7 Å². The predicted molar refractivity (Wildman–Crippen MR) is 101 cm³/mol. The van der Waals surface area contributed by atoms with E-state index in [0.29, 0.717) is 5.02 Å². The van der Waals surface area contributed by atoms with E-state index in [1.807, 2.05) is 79.7 Å². The van der Waals surface area contributed by atoms with Gasteiger partial charge in [-0.25, -0.2) is 0 Å². The minimum atomic E-state index is -0.426. The van der Waals surface area contributed by atoms with Crippen LogP contribution in [0, 0.1) is 0 Å². The molecule has 0 aliphatic heterocycles. The lowest BCUT2D eigenvalue weighted by molar-refractivity contribution is -0.149. The van der Waals surface area contributed by atoms with E-state index >= 15 is 0 Å². The molecule has 0 bridgehead atoms. The van der Waals surface area contributed by atoms with Gasteiger partial charge in [0.2, 0.25) is 0 Å². The number of carbonyl (C=O) groups is 1. The Kier molecular flexibility index (Phi) is 5.52. The first-order valence-electron chi connectivity index (χ1n) is 8.21. The average molecular weight is 351 g/mol. The van der Waals surface area contributed by atoms with Crippen LogP contribution in [0.15, 0.2) is 84.9 Å². The van der Waals surface area contributed by atoms with Gasteiger partial charge in [-0.15, -0.1) is 0 Å². The van der Waals surface area contributed by atoms with E-state index in [2.05, 4.69) is 0 Å². The summed E-state index contributed by atoms with van der Waals surface area (Å²) in [5, 5.41) is 0.649. The maximum atomic E-state index is 12.7. The van der Waals surface area contributed by atoms with Crippen molar-refractivity contribution in [1.29, 1.82) is 0 Å². The van der Waals surface area contributed by atoms with Crippen LogP contribution in [0.5, 0.6) is 0 Å². The molecule has 0 heterocycles. The molecule has 0 saturated carbocycles. The Morgan fingerprint density at radius 3 is 1.72 bits per heavy atom. The van der Waals surface area contributed by atoms with Gasteiger partial charge in [-0.1, -0.05) is 84.4 Å². The lowest BCUT2D eigenvalue weighted by Crippen LogP contribution is -2.18. The largest absolute Gasteiger partial charge is 0.452 e. The summed E-state index contributed by atoms with van der Waals surface area (Å²) in [6, 6.07) is 26.8. The van der Waals surface area contributed by atoms with E-state index in [4.69, 9.17) is 16.3 Å². The predicted octanol–water partition coefficient (Wildman–Crippen LogP) is 5.78. The van der Waals surface area contributed by atoms with Gasteiger partial charge >= 0.3 is 5.97 Å².